The Morgan fingerprint density at radius 3 is 0.824 bits per heavy atom. The van der Waals surface area contributed by atoms with E-state index < -0.39 is 6.10 Å². The number of carbonyl (C=O) groups excluding carboxylic acids is 3. The molecule has 0 bridgehead atoms. The van der Waals surface area contributed by atoms with E-state index in [1.807, 2.05) is 0 Å². The Morgan fingerprint density at radius 1 is 0.294 bits per heavy atom. The van der Waals surface area contributed by atoms with E-state index in [2.05, 4.69) is 69.4 Å². The van der Waals surface area contributed by atoms with Crippen molar-refractivity contribution in [3.8, 4) is 0 Å². The van der Waals surface area contributed by atoms with Crippen LogP contribution in [0.1, 0.15) is 310 Å². The van der Waals surface area contributed by atoms with Crippen LogP contribution in [0.4, 0.5) is 0 Å². The maximum Gasteiger partial charge on any atom is 0.306 e. The fourth-order valence-electron chi connectivity index (χ4n) is 8.60. The summed E-state index contributed by atoms with van der Waals surface area (Å²) in [6, 6.07) is 0. The topological polar surface area (TPSA) is 78.9 Å². The summed E-state index contributed by atoms with van der Waals surface area (Å²) in [6.45, 7) is 6.62. The third-order valence-corrected chi connectivity index (χ3v) is 13.1. The van der Waals surface area contributed by atoms with Crippen LogP contribution < -0.4 is 0 Å². The van der Waals surface area contributed by atoms with Crippen LogP contribution in [0.2, 0.25) is 0 Å². The van der Waals surface area contributed by atoms with E-state index >= 15 is 0 Å². The molecule has 6 nitrogen and oxygen atoms in total. The molecule has 0 saturated carbocycles. The van der Waals surface area contributed by atoms with Gasteiger partial charge < -0.3 is 14.2 Å². The fraction of sp³-hybridized carbons (Fsp3) is 0.823. The number of unbranched alkanes of at least 4 members (excludes halogenated alkanes) is 37. The summed E-state index contributed by atoms with van der Waals surface area (Å²) in [7, 11) is 0. The molecule has 396 valence electrons. The van der Waals surface area contributed by atoms with E-state index in [1.54, 1.807) is 0 Å². The van der Waals surface area contributed by atoms with Gasteiger partial charge in [0.25, 0.3) is 0 Å². The van der Waals surface area contributed by atoms with Crippen LogP contribution in [-0.4, -0.2) is 37.2 Å². The molecule has 0 N–H and O–H groups in total. The molecular weight excluding hydrogens is 841 g/mol. The summed E-state index contributed by atoms with van der Waals surface area (Å²) in [4.78, 5) is 38.2. The number of esters is 3. The quantitative estimate of drug-likeness (QED) is 0.0262. The Bertz CT molecular complexity index is 1190. The molecule has 0 saturated heterocycles. The Balaban J connectivity index is 4.38. The second-order valence-electron chi connectivity index (χ2n) is 20.0. The van der Waals surface area contributed by atoms with Crippen molar-refractivity contribution in [1.29, 1.82) is 0 Å². The Labute approximate surface area is 422 Å². The highest BCUT2D eigenvalue weighted by molar-refractivity contribution is 5.71. The van der Waals surface area contributed by atoms with Crippen LogP contribution in [0.25, 0.3) is 0 Å². The van der Waals surface area contributed by atoms with Crippen molar-refractivity contribution < 1.29 is 28.6 Å². The zero-order valence-electron chi connectivity index (χ0n) is 45.4. The van der Waals surface area contributed by atoms with E-state index in [0.717, 1.165) is 70.6 Å². The first-order chi connectivity index (χ1) is 33.5. The van der Waals surface area contributed by atoms with Crippen LogP contribution in [0.15, 0.2) is 48.6 Å². The third-order valence-electron chi connectivity index (χ3n) is 13.1. The second kappa shape index (κ2) is 57.0. The lowest BCUT2D eigenvalue weighted by atomic mass is 10.0. The number of rotatable bonds is 54. The molecule has 0 spiro atoms. The highest BCUT2D eigenvalue weighted by Crippen LogP contribution is 2.16. The van der Waals surface area contributed by atoms with Crippen molar-refractivity contribution in [3.63, 3.8) is 0 Å². The summed E-state index contributed by atoms with van der Waals surface area (Å²) < 4.78 is 16.9. The molecule has 68 heavy (non-hydrogen) atoms. The van der Waals surface area contributed by atoms with Gasteiger partial charge in [0.05, 0.1) is 0 Å². The standard InChI is InChI=1S/C62H112O6/c1-4-7-10-13-16-19-22-25-28-30-31-32-35-37-40-43-46-49-52-55-61(64)67-58-59(57-66-60(63)54-51-48-45-42-39-36-33-27-24-21-18-15-12-9-6-3)68-62(65)56-53-50-47-44-41-38-34-29-26-23-20-17-14-11-8-5-2/h16,19,22,25,29,34,38,41,59H,4-15,17-18,20-21,23-24,26-28,30-33,35-37,39-40,42-58H2,1-3H3/b19-16-,25-22-,34-29-,41-38-. The van der Waals surface area contributed by atoms with Gasteiger partial charge in [0.1, 0.15) is 13.2 Å². The molecular formula is C62H112O6. The lowest BCUT2D eigenvalue weighted by Crippen LogP contribution is -2.30. The maximum atomic E-state index is 12.8. The molecule has 0 aliphatic heterocycles. The molecule has 0 aromatic carbocycles. The van der Waals surface area contributed by atoms with Crippen molar-refractivity contribution in [3.05, 3.63) is 48.6 Å². The van der Waals surface area contributed by atoms with Crippen LogP contribution in [0, 0.1) is 0 Å². The SMILES string of the molecule is CCCCC/C=C\C=C/CCCCCCCCCCCCC(=O)OCC(COC(=O)CCCCCCCCCCCCCCCCC)OC(=O)CCCCC/C=C\C=C/CCCCCCCCC. The Morgan fingerprint density at radius 2 is 0.515 bits per heavy atom. The molecule has 0 radical (unpaired) electrons. The molecule has 1 atom stereocenters. The van der Waals surface area contributed by atoms with E-state index in [-0.39, 0.29) is 31.1 Å². The summed E-state index contributed by atoms with van der Waals surface area (Å²) in [6.07, 6.45) is 69.6. The molecule has 6 heteroatoms. The molecule has 0 aliphatic carbocycles. The molecule has 0 amide bonds. The van der Waals surface area contributed by atoms with E-state index in [0.29, 0.717) is 19.3 Å². The average Bonchev–Trinajstić information content (AvgIpc) is 3.34. The predicted octanol–water partition coefficient (Wildman–Crippen LogP) is 19.8. The number of ether oxygens (including phenoxy) is 3. The van der Waals surface area contributed by atoms with Gasteiger partial charge in [0.15, 0.2) is 6.10 Å². The highest BCUT2D eigenvalue weighted by atomic mass is 16.6. The van der Waals surface area contributed by atoms with Gasteiger partial charge in [-0.15, -0.1) is 0 Å². The molecule has 0 rings (SSSR count). The molecule has 0 aliphatic rings. The lowest BCUT2D eigenvalue weighted by molar-refractivity contribution is -0.167. The minimum absolute atomic E-state index is 0.0816. The van der Waals surface area contributed by atoms with Crippen LogP contribution >= 0.6 is 0 Å². The maximum absolute atomic E-state index is 12.8. The number of hydrogen-bond donors (Lipinski definition) is 0. The average molecular weight is 954 g/mol. The zero-order valence-corrected chi connectivity index (χ0v) is 45.4. The first kappa shape index (κ1) is 65.4. The lowest BCUT2D eigenvalue weighted by Gasteiger charge is -2.18. The van der Waals surface area contributed by atoms with Gasteiger partial charge in [0, 0.05) is 19.3 Å². The van der Waals surface area contributed by atoms with Gasteiger partial charge in [-0.05, 0) is 70.6 Å². The molecule has 0 aromatic heterocycles. The zero-order chi connectivity index (χ0) is 49.3. The second-order valence-corrected chi connectivity index (χ2v) is 20.0. The van der Waals surface area contributed by atoms with Gasteiger partial charge in [0.2, 0.25) is 0 Å². The van der Waals surface area contributed by atoms with Gasteiger partial charge in [-0.1, -0.05) is 268 Å². The minimum atomic E-state index is -0.786. The summed E-state index contributed by atoms with van der Waals surface area (Å²) >= 11 is 0. The molecule has 0 fully saturated rings. The van der Waals surface area contributed by atoms with E-state index in [4.69, 9.17) is 14.2 Å². The smallest absolute Gasteiger partial charge is 0.306 e. The van der Waals surface area contributed by atoms with E-state index in [9.17, 15) is 14.4 Å². The van der Waals surface area contributed by atoms with Crippen LogP contribution in [0.3, 0.4) is 0 Å². The van der Waals surface area contributed by atoms with Crippen LogP contribution in [-0.2, 0) is 28.6 Å². The number of hydrogen-bond acceptors (Lipinski definition) is 6. The number of allylic oxidation sites excluding steroid dienone is 8. The summed E-state index contributed by atoms with van der Waals surface area (Å²) in [5.41, 5.74) is 0. The fourth-order valence-corrected chi connectivity index (χ4v) is 8.60. The monoisotopic (exact) mass is 953 g/mol. The van der Waals surface area contributed by atoms with Gasteiger partial charge in [-0.25, -0.2) is 0 Å². The van der Waals surface area contributed by atoms with Crippen molar-refractivity contribution in [1.82, 2.24) is 0 Å². The highest BCUT2D eigenvalue weighted by Gasteiger charge is 2.19. The van der Waals surface area contributed by atoms with Crippen LogP contribution in [0.5, 0.6) is 0 Å². The number of carbonyl (C=O) groups is 3. The minimum Gasteiger partial charge on any atom is -0.462 e. The predicted molar refractivity (Wildman–Crippen MR) is 293 cm³/mol. The van der Waals surface area contributed by atoms with Crippen molar-refractivity contribution in [2.75, 3.05) is 13.2 Å². The van der Waals surface area contributed by atoms with Gasteiger partial charge >= 0.3 is 17.9 Å². The molecule has 0 heterocycles. The normalized spacial score (nSPS) is 12.3. The van der Waals surface area contributed by atoms with Crippen molar-refractivity contribution in [2.45, 2.75) is 316 Å². The first-order valence-electron chi connectivity index (χ1n) is 29.7. The van der Waals surface area contributed by atoms with Gasteiger partial charge in [-0.3, -0.25) is 14.4 Å². The summed E-state index contributed by atoms with van der Waals surface area (Å²) in [5, 5.41) is 0. The van der Waals surface area contributed by atoms with Crippen molar-refractivity contribution >= 4 is 17.9 Å². The van der Waals surface area contributed by atoms with E-state index in [1.165, 1.54) is 199 Å². The molecule has 1 unspecified atom stereocenters. The Hall–Kier alpha value is -2.63. The largest absolute Gasteiger partial charge is 0.462 e. The first-order valence-corrected chi connectivity index (χ1v) is 29.7. The molecule has 0 aromatic rings. The van der Waals surface area contributed by atoms with Gasteiger partial charge in [-0.2, -0.15) is 0 Å². The van der Waals surface area contributed by atoms with Crippen molar-refractivity contribution in [2.24, 2.45) is 0 Å². The third kappa shape index (κ3) is 54.3. The Kier molecular flexibility index (Phi) is 54.8. The summed E-state index contributed by atoms with van der Waals surface area (Å²) in [5.74, 6) is -0.896.